The van der Waals surface area contributed by atoms with E-state index in [1.54, 1.807) is 0 Å². The minimum absolute atomic E-state index is 0.0363. The summed E-state index contributed by atoms with van der Waals surface area (Å²) < 4.78 is 5.82. The predicted molar refractivity (Wildman–Crippen MR) is 130 cm³/mol. The molecule has 5 nitrogen and oxygen atoms in total. The summed E-state index contributed by atoms with van der Waals surface area (Å²) in [6, 6.07) is 27.9. The number of nitrogens with zero attached hydrogens (tertiary/aromatic N) is 2. The number of carbonyl (C=O) groups is 1. The Kier molecular flexibility index (Phi) is 7.54. The summed E-state index contributed by atoms with van der Waals surface area (Å²) in [5, 5.41) is 3.16. The SMILES string of the molecule is C[C@H](C(=O)Nc1ccccc1-c1ccccc1)N1CCN(CCOc2ccccc2)CC1. The number of hydrogen-bond acceptors (Lipinski definition) is 4. The molecular formula is C27H31N3O2. The quantitative estimate of drug-likeness (QED) is 0.577. The fourth-order valence-corrected chi connectivity index (χ4v) is 4.05. The number of benzene rings is 3. The maximum atomic E-state index is 13.0. The molecule has 3 aromatic rings. The standard InChI is InChI=1S/C27H31N3O2/c1-22(27(31)28-26-15-9-8-14-25(26)23-10-4-2-5-11-23)30-18-16-29(17-19-30)20-21-32-24-12-6-3-7-13-24/h2-15,22H,16-21H2,1H3,(H,28,31)/t22-/m1/s1. The molecule has 166 valence electrons. The summed E-state index contributed by atoms with van der Waals surface area (Å²) in [5.41, 5.74) is 2.99. The van der Waals surface area contributed by atoms with Gasteiger partial charge in [-0.2, -0.15) is 0 Å². The van der Waals surface area contributed by atoms with E-state index in [1.807, 2.05) is 79.7 Å². The Morgan fingerprint density at radius 3 is 2.22 bits per heavy atom. The number of ether oxygens (including phenoxy) is 1. The van der Waals surface area contributed by atoms with Gasteiger partial charge in [-0.05, 0) is 30.7 Å². The summed E-state index contributed by atoms with van der Waals surface area (Å²) in [6.07, 6.45) is 0. The Morgan fingerprint density at radius 1 is 0.875 bits per heavy atom. The fraction of sp³-hybridized carbons (Fsp3) is 0.296. The third kappa shape index (κ3) is 5.75. The maximum Gasteiger partial charge on any atom is 0.241 e. The van der Waals surface area contributed by atoms with Gasteiger partial charge >= 0.3 is 0 Å². The molecule has 1 aliphatic rings. The Balaban J connectivity index is 1.27. The summed E-state index contributed by atoms with van der Waals surface area (Å²) in [5.74, 6) is 0.946. The third-order valence-electron chi connectivity index (χ3n) is 6.02. The Morgan fingerprint density at radius 2 is 1.50 bits per heavy atom. The molecule has 1 atom stereocenters. The van der Waals surface area contributed by atoms with Crippen LogP contribution in [0.4, 0.5) is 5.69 Å². The largest absolute Gasteiger partial charge is 0.492 e. The molecule has 1 amide bonds. The van der Waals surface area contributed by atoms with Crippen molar-refractivity contribution in [3.8, 4) is 16.9 Å². The van der Waals surface area contributed by atoms with Crippen LogP contribution in [0.25, 0.3) is 11.1 Å². The van der Waals surface area contributed by atoms with E-state index in [0.717, 1.165) is 55.3 Å². The van der Waals surface area contributed by atoms with Crippen molar-refractivity contribution in [2.75, 3.05) is 44.6 Å². The highest BCUT2D eigenvalue weighted by atomic mass is 16.5. The van der Waals surface area contributed by atoms with Gasteiger partial charge in [0, 0.05) is 44.0 Å². The summed E-state index contributed by atoms with van der Waals surface area (Å²) in [6.45, 7) is 7.20. The van der Waals surface area contributed by atoms with E-state index in [4.69, 9.17) is 4.74 Å². The molecule has 1 N–H and O–H groups in total. The predicted octanol–water partition coefficient (Wildman–Crippen LogP) is 4.38. The highest BCUT2D eigenvalue weighted by Gasteiger charge is 2.26. The van der Waals surface area contributed by atoms with Crippen LogP contribution in [0.2, 0.25) is 0 Å². The highest BCUT2D eigenvalue weighted by Crippen LogP contribution is 2.27. The lowest BCUT2D eigenvalue weighted by atomic mass is 10.0. The van der Waals surface area contributed by atoms with Crippen molar-refractivity contribution in [3.05, 3.63) is 84.9 Å². The number of amides is 1. The normalized spacial score (nSPS) is 15.8. The van der Waals surface area contributed by atoms with E-state index >= 15 is 0 Å². The monoisotopic (exact) mass is 429 g/mol. The van der Waals surface area contributed by atoms with Crippen LogP contribution in [0.1, 0.15) is 6.92 Å². The summed E-state index contributed by atoms with van der Waals surface area (Å²) in [4.78, 5) is 17.7. The zero-order valence-electron chi connectivity index (χ0n) is 18.6. The zero-order valence-corrected chi connectivity index (χ0v) is 18.6. The average molecular weight is 430 g/mol. The molecule has 0 unspecified atom stereocenters. The second kappa shape index (κ2) is 10.9. The number of rotatable bonds is 8. The number of nitrogens with one attached hydrogen (secondary N) is 1. The highest BCUT2D eigenvalue weighted by molar-refractivity contribution is 5.98. The molecule has 0 spiro atoms. The number of anilines is 1. The van der Waals surface area contributed by atoms with Gasteiger partial charge in [0.15, 0.2) is 0 Å². The van der Waals surface area contributed by atoms with Gasteiger partial charge < -0.3 is 10.1 Å². The fourth-order valence-electron chi connectivity index (χ4n) is 4.05. The zero-order chi connectivity index (χ0) is 22.2. The number of para-hydroxylation sites is 2. The molecule has 1 fully saturated rings. The van der Waals surface area contributed by atoms with Crippen molar-refractivity contribution in [2.45, 2.75) is 13.0 Å². The molecule has 3 aromatic carbocycles. The van der Waals surface area contributed by atoms with Crippen molar-refractivity contribution in [3.63, 3.8) is 0 Å². The topological polar surface area (TPSA) is 44.8 Å². The molecule has 32 heavy (non-hydrogen) atoms. The first-order valence-corrected chi connectivity index (χ1v) is 11.3. The summed E-state index contributed by atoms with van der Waals surface area (Å²) in [7, 11) is 0. The van der Waals surface area contributed by atoms with Gasteiger partial charge in [0.1, 0.15) is 12.4 Å². The molecule has 0 radical (unpaired) electrons. The van der Waals surface area contributed by atoms with Gasteiger partial charge in [-0.3, -0.25) is 14.6 Å². The molecule has 0 saturated carbocycles. The molecule has 0 bridgehead atoms. The van der Waals surface area contributed by atoms with Crippen LogP contribution in [-0.4, -0.2) is 61.1 Å². The number of piperazine rings is 1. The van der Waals surface area contributed by atoms with E-state index in [0.29, 0.717) is 6.61 Å². The van der Waals surface area contributed by atoms with E-state index < -0.39 is 0 Å². The second-order valence-corrected chi connectivity index (χ2v) is 8.12. The minimum Gasteiger partial charge on any atom is -0.492 e. The Bertz CT molecular complexity index is 986. The molecule has 4 rings (SSSR count). The van der Waals surface area contributed by atoms with Gasteiger partial charge in [0.25, 0.3) is 0 Å². The first kappa shape index (κ1) is 22.1. The molecule has 0 aromatic heterocycles. The smallest absolute Gasteiger partial charge is 0.241 e. The Labute approximate surface area is 190 Å². The van der Waals surface area contributed by atoms with Crippen molar-refractivity contribution in [2.24, 2.45) is 0 Å². The van der Waals surface area contributed by atoms with Crippen LogP contribution >= 0.6 is 0 Å². The van der Waals surface area contributed by atoms with Gasteiger partial charge in [-0.25, -0.2) is 0 Å². The lowest BCUT2D eigenvalue weighted by Gasteiger charge is -2.37. The molecule has 1 aliphatic heterocycles. The van der Waals surface area contributed by atoms with Crippen molar-refractivity contribution < 1.29 is 9.53 Å². The van der Waals surface area contributed by atoms with Crippen LogP contribution in [0.3, 0.4) is 0 Å². The van der Waals surface area contributed by atoms with Crippen molar-refractivity contribution in [1.82, 2.24) is 9.80 Å². The molecule has 0 aliphatic carbocycles. The summed E-state index contributed by atoms with van der Waals surface area (Å²) >= 11 is 0. The van der Waals surface area contributed by atoms with E-state index in [2.05, 4.69) is 27.2 Å². The lowest BCUT2D eigenvalue weighted by Crippen LogP contribution is -2.53. The molecule has 5 heteroatoms. The van der Waals surface area contributed by atoms with E-state index in [9.17, 15) is 4.79 Å². The van der Waals surface area contributed by atoms with Crippen LogP contribution < -0.4 is 10.1 Å². The molecule has 1 heterocycles. The maximum absolute atomic E-state index is 13.0. The first-order chi connectivity index (χ1) is 15.7. The van der Waals surface area contributed by atoms with E-state index in [-0.39, 0.29) is 11.9 Å². The minimum atomic E-state index is -0.179. The van der Waals surface area contributed by atoms with Gasteiger partial charge in [0.2, 0.25) is 5.91 Å². The van der Waals surface area contributed by atoms with Gasteiger partial charge in [-0.15, -0.1) is 0 Å². The van der Waals surface area contributed by atoms with Crippen LogP contribution in [0, 0.1) is 0 Å². The third-order valence-corrected chi connectivity index (χ3v) is 6.02. The molecule has 1 saturated heterocycles. The van der Waals surface area contributed by atoms with Gasteiger partial charge in [-0.1, -0.05) is 66.7 Å². The van der Waals surface area contributed by atoms with Crippen molar-refractivity contribution >= 4 is 11.6 Å². The first-order valence-electron chi connectivity index (χ1n) is 11.3. The van der Waals surface area contributed by atoms with E-state index in [1.165, 1.54) is 0 Å². The van der Waals surface area contributed by atoms with Gasteiger partial charge in [0.05, 0.1) is 6.04 Å². The lowest BCUT2D eigenvalue weighted by molar-refractivity contribution is -0.121. The van der Waals surface area contributed by atoms with Crippen LogP contribution in [-0.2, 0) is 4.79 Å². The second-order valence-electron chi connectivity index (χ2n) is 8.12. The average Bonchev–Trinajstić information content (AvgIpc) is 2.85. The van der Waals surface area contributed by atoms with Crippen LogP contribution in [0.15, 0.2) is 84.9 Å². The van der Waals surface area contributed by atoms with Crippen LogP contribution in [0.5, 0.6) is 5.75 Å². The molecular weight excluding hydrogens is 398 g/mol. The Hall–Kier alpha value is -3.15. The van der Waals surface area contributed by atoms with Crippen molar-refractivity contribution in [1.29, 1.82) is 0 Å². The number of carbonyl (C=O) groups excluding carboxylic acids is 1. The number of hydrogen-bond donors (Lipinski definition) is 1.